The first-order valence-corrected chi connectivity index (χ1v) is 7.81. The van der Waals surface area contributed by atoms with Gasteiger partial charge in [-0.1, -0.05) is 45.2 Å². The molecule has 0 unspecified atom stereocenters. The second kappa shape index (κ2) is 6.24. The van der Waals surface area contributed by atoms with Gasteiger partial charge >= 0.3 is 5.97 Å². The summed E-state index contributed by atoms with van der Waals surface area (Å²) in [5.74, 6) is -0.215. The first kappa shape index (κ1) is 15.3. The summed E-state index contributed by atoms with van der Waals surface area (Å²) in [6, 6.07) is 12.4. The Bertz CT molecular complexity index is 813. The van der Waals surface area contributed by atoms with Crippen LogP contribution >= 0.6 is 39.1 Å². The maximum absolute atomic E-state index is 11.9. The van der Waals surface area contributed by atoms with E-state index in [0.717, 1.165) is 15.6 Å². The van der Waals surface area contributed by atoms with Crippen LogP contribution in [0.15, 0.2) is 57.6 Å². The summed E-state index contributed by atoms with van der Waals surface area (Å²) < 4.78 is 6.13. The second-order valence-electron chi connectivity index (χ2n) is 4.52. The number of rotatable bonds is 2. The number of hydrogen-bond donors (Lipinski definition) is 0. The van der Waals surface area contributed by atoms with Crippen molar-refractivity contribution in [2.45, 2.75) is 0 Å². The maximum Gasteiger partial charge on any atom is 0.363 e. The summed E-state index contributed by atoms with van der Waals surface area (Å²) in [6.45, 7) is 0. The molecule has 0 atom stereocenters. The lowest BCUT2D eigenvalue weighted by atomic mass is 10.2. The second-order valence-corrected chi connectivity index (χ2v) is 6.25. The minimum absolute atomic E-state index is 0.219. The van der Waals surface area contributed by atoms with Gasteiger partial charge in [0.15, 0.2) is 5.70 Å². The molecular formula is C16H8BrCl2NO2. The zero-order valence-corrected chi connectivity index (χ0v) is 14.1. The van der Waals surface area contributed by atoms with Gasteiger partial charge in [-0.3, -0.25) is 0 Å². The molecule has 0 saturated carbocycles. The lowest BCUT2D eigenvalue weighted by Gasteiger charge is -1.98. The van der Waals surface area contributed by atoms with Crippen molar-refractivity contribution in [1.82, 2.24) is 0 Å². The topological polar surface area (TPSA) is 38.7 Å². The Labute approximate surface area is 145 Å². The van der Waals surface area contributed by atoms with Gasteiger partial charge in [-0.05, 0) is 48.0 Å². The van der Waals surface area contributed by atoms with E-state index in [1.807, 2.05) is 24.3 Å². The smallest absolute Gasteiger partial charge is 0.363 e. The number of cyclic esters (lactones) is 1. The Morgan fingerprint density at radius 2 is 1.77 bits per heavy atom. The number of benzene rings is 2. The average Bonchev–Trinajstić information content (AvgIpc) is 2.85. The molecule has 22 heavy (non-hydrogen) atoms. The Hall–Kier alpha value is -1.62. The molecule has 0 fully saturated rings. The van der Waals surface area contributed by atoms with Crippen molar-refractivity contribution >= 4 is 57.1 Å². The fraction of sp³-hybridized carbons (Fsp3) is 0. The molecule has 6 heteroatoms. The van der Waals surface area contributed by atoms with Gasteiger partial charge in [0.2, 0.25) is 5.90 Å². The Balaban J connectivity index is 1.93. The average molecular weight is 397 g/mol. The van der Waals surface area contributed by atoms with Gasteiger partial charge < -0.3 is 4.74 Å². The van der Waals surface area contributed by atoms with E-state index in [-0.39, 0.29) is 11.6 Å². The number of hydrogen-bond acceptors (Lipinski definition) is 3. The molecule has 1 aliphatic heterocycles. The van der Waals surface area contributed by atoms with Crippen molar-refractivity contribution in [3.8, 4) is 0 Å². The molecule has 3 rings (SSSR count). The van der Waals surface area contributed by atoms with Crippen molar-refractivity contribution < 1.29 is 9.53 Å². The molecule has 1 heterocycles. The fourth-order valence-electron chi connectivity index (χ4n) is 1.89. The van der Waals surface area contributed by atoms with Gasteiger partial charge in [-0.15, -0.1) is 0 Å². The van der Waals surface area contributed by atoms with Crippen LogP contribution in [0.25, 0.3) is 6.08 Å². The van der Waals surface area contributed by atoms with Gasteiger partial charge in [0.05, 0.1) is 10.0 Å². The van der Waals surface area contributed by atoms with Crippen LogP contribution in [0.4, 0.5) is 0 Å². The van der Waals surface area contributed by atoms with E-state index >= 15 is 0 Å². The highest BCUT2D eigenvalue weighted by Gasteiger charge is 2.24. The minimum atomic E-state index is -0.496. The van der Waals surface area contributed by atoms with E-state index in [4.69, 9.17) is 27.9 Å². The molecule has 1 aliphatic rings. The summed E-state index contributed by atoms with van der Waals surface area (Å²) in [4.78, 5) is 16.1. The van der Waals surface area contributed by atoms with Crippen LogP contribution in [-0.4, -0.2) is 11.9 Å². The predicted octanol–water partition coefficient (Wildman–Crippen LogP) is 5.10. The molecule has 110 valence electrons. The first-order valence-electron chi connectivity index (χ1n) is 6.26. The quantitative estimate of drug-likeness (QED) is 0.523. The highest BCUT2D eigenvalue weighted by molar-refractivity contribution is 9.10. The number of halogens is 3. The van der Waals surface area contributed by atoms with E-state index in [2.05, 4.69) is 20.9 Å². The van der Waals surface area contributed by atoms with Crippen molar-refractivity contribution in [1.29, 1.82) is 0 Å². The van der Waals surface area contributed by atoms with Crippen molar-refractivity contribution in [3.05, 3.63) is 73.8 Å². The van der Waals surface area contributed by atoms with E-state index < -0.39 is 5.97 Å². The van der Waals surface area contributed by atoms with Crippen LogP contribution in [-0.2, 0) is 9.53 Å². The fourth-order valence-corrected chi connectivity index (χ4v) is 2.46. The Morgan fingerprint density at radius 3 is 2.45 bits per heavy atom. The molecule has 0 radical (unpaired) electrons. The lowest BCUT2D eigenvalue weighted by Crippen LogP contribution is -2.05. The standard InChI is InChI=1S/C16H8BrCl2NO2/c17-11-4-2-10(3-5-11)15-20-14(16(21)22-15)8-9-1-6-12(18)13(19)7-9/h1-8H. The zero-order chi connectivity index (χ0) is 15.7. The van der Waals surface area contributed by atoms with Crippen LogP contribution in [0.3, 0.4) is 0 Å². The lowest BCUT2D eigenvalue weighted by molar-refractivity contribution is -0.129. The summed E-state index contributed by atoms with van der Waals surface area (Å²) >= 11 is 15.2. The molecule has 0 aromatic heterocycles. The summed E-state index contributed by atoms with van der Waals surface area (Å²) in [5.41, 5.74) is 1.67. The van der Waals surface area contributed by atoms with Crippen LogP contribution in [0.1, 0.15) is 11.1 Å². The third kappa shape index (κ3) is 3.24. The summed E-state index contributed by atoms with van der Waals surface area (Å²) in [6.07, 6.45) is 1.61. The van der Waals surface area contributed by atoms with Gasteiger partial charge in [0.1, 0.15) is 0 Å². The molecule has 0 amide bonds. The maximum atomic E-state index is 11.9. The molecule has 0 saturated heterocycles. The predicted molar refractivity (Wildman–Crippen MR) is 91.2 cm³/mol. The van der Waals surface area contributed by atoms with Gasteiger partial charge in [-0.2, -0.15) is 0 Å². The third-order valence-electron chi connectivity index (χ3n) is 2.96. The molecule has 2 aromatic carbocycles. The summed E-state index contributed by atoms with van der Waals surface area (Å²) in [5, 5.41) is 0.872. The number of carbonyl (C=O) groups is 1. The molecule has 2 aromatic rings. The summed E-state index contributed by atoms with van der Waals surface area (Å²) in [7, 11) is 0. The highest BCUT2D eigenvalue weighted by atomic mass is 79.9. The minimum Gasteiger partial charge on any atom is -0.402 e. The highest BCUT2D eigenvalue weighted by Crippen LogP contribution is 2.25. The monoisotopic (exact) mass is 395 g/mol. The van der Waals surface area contributed by atoms with E-state index in [9.17, 15) is 4.79 Å². The number of ether oxygens (including phenoxy) is 1. The molecule has 0 spiro atoms. The molecule has 0 bridgehead atoms. The van der Waals surface area contributed by atoms with Gasteiger partial charge in [-0.25, -0.2) is 9.79 Å². The van der Waals surface area contributed by atoms with Crippen LogP contribution < -0.4 is 0 Å². The van der Waals surface area contributed by atoms with Crippen molar-refractivity contribution in [3.63, 3.8) is 0 Å². The molecule has 3 nitrogen and oxygen atoms in total. The zero-order valence-electron chi connectivity index (χ0n) is 11.0. The largest absolute Gasteiger partial charge is 0.402 e. The molecule has 0 N–H and O–H groups in total. The van der Waals surface area contributed by atoms with Gasteiger partial charge in [0, 0.05) is 10.0 Å². The Morgan fingerprint density at radius 1 is 1.05 bits per heavy atom. The van der Waals surface area contributed by atoms with E-state index in [0.29, 0.717) is 10.0 Å². The van der Waals surface area contributed by atoms with E-state index in [1.54, 1.807) is 24.3 Å². The molecular weight excluding hydrogens is 389 g/mol. The number of nitrogens with zero attached hydrogens (tertiary/aromatic N) is 1. The van der Waals surface area contributed by atoms with Crippen molar-refractivity contribution in [2.24, 2.45) is 4.99 Å². The number of carbonyl (C=O) groups excluding carboxylic acids is 1. The molecule has 0 aliphatic carbocycles. The Kier molecular flexibility index (Phi) is 4.34. The third-order valence-corrected chi connectivity index (χ3v) is 4.23. The first-order chi connectivity index (χ1) is 10.5. The van der Waals surface area contributed by atoms with Crippen LogP contribution in [0.2, 0.25) is 10.0 Å². The SMILES string of the molecule is O=C1OC(c2ccc(Br)cc2)=NC1=Cc1ccc(Cl)c(Cl)c1. The van der Waals surface area contributed by atoms with Crippen LogP contribution in [0.5, 0.6) is 0 Å². The van der Waals surface area contributed by atoms with E-state index in [1.165, 1.54) is 0 Å². The van der Waals surface area contributed by atoms with Crippen LogP contribution in [0, 0.1) is 0 Å². The normalized spacial score (nSPS) is 15.9. The number of esters is 1. The van der Waals surface area contributed by atoms with Crippen molar-refractivity contribution in [2.75, 3.05) is 0 Å². The van der Waals surface area contributed by atoms with Gasteiger partial charge in [0.25, 0.3) is 0 Å². The number of aliphatic imine (C=N–C) groups is 1.